The number of nitrogens with one attached hydrogen (secondary N) is 1. The van der Waals surface area contributed by atoms with Crippen LogP contribution in [0.4, 0.5) is 11.5 Å². The van der Waals surface area contributed by atoms with Crippen LogP contribution >= 0.6 is 11.6 Å². The summed E-state index contributed by atoms with van der Waals surface area (Å²) in [5, 5.41) is 14.1. The number of aryl methyl sites for hydroxylation is 1. The number of allylic oxidation sites excluding steroid dienone is 1. The molecule has 11 heteroatoms. The van der Waals surface area contributed by atoms with E-state index in [0.29, 0.717) is 29.4 Å². The molecule has 0 radical (unpaired) electrons. The van der Waals surface area contributed by atoms with E-state index in [0.717, 1.165) is 66.4 Å². The number of carbonyl (C=O) groups is 1. The minimum absolute atomic E-state index is 0. The quantitative estimate of drug-likeness (QED) is 0.236. The normalized spacial score (nSPS) is 19.7. The van der Waals surface area contributed by atoms with E-state index < -0.39 is 0 Å². The molecular formula is C32H46ClN9O. The Morgan fingerprint density at radius 3 is 2.42 bits per heavy atom. The van der Waals surface area contributed by atoms with Crippen molar-refractivity contribution in [1.82, 2.24) is 19.6 Å². The predicted octanol–water partition coefficient (Wildman–Crippen LogP) is 4.79. The summed E-state index contributed by atoms with van der Waals surface area (Å²) >= 11 is 7.02. The number of nitrogens with zero attached hydrogens (tertiary/aromatic N) is 6. The molecule has 3 heterocycles. The zero-order chi connectivity index (χ0) is 30.6. The average molecular weight is 608 g/mol. The van der Waals surface area contributed by atoms with Crippen LogP contribution < -0.4 is 16.4 Å². The van der Waals surface area contributed by atoms with Gasteiger partial charge in [0.05, 0.1) is 22.3 Å². The van der Waals surface area contributed by atoms with Gasteiger partial charge in [-0.2, -0.15) is 5.10 Å². The third kappa shape index (κ3) is 5.30. The Labute approximate surface area is 260 Å². The van der Waals surface area contributed by atoms with Gasteiger partial charge in [0.2, 0.25) is 5.91 Å². The fraction of sp³-hybridized carbons (Fsp3) is 0.500. The van der Waals surface area contributed by atoms with E-state index in [-0.39, 0.29) is 30.3 Å². The van der Waals surface area contributed by atoms with Gasteiger partial charge < -0.3 is 31.6 Å². The summed E-state index contributed by atoms with van der Waals surface area (Å²) in [7, 11) is 1.74. The molecule has 232 valence electrons. The Bertz CT molecular complexity index is 1490. The highest BCUT2D eigenvalue weighted by molar-refractivity contribution is 6.35. The van der Waals surface area contributed by atoms with Crippen molar-refractivity contribution in [2.24, 2.45) is 16.1 Å². The summed E-state index contributed by atoms with van der Waals surface area (Å²) in [5.74, 6) is 0.835. The van der Waals surface area contributed by atoms with Crippen LogP contribution in [0.3, 0.4) is 0 Å². The maximum absolute atomic E-state index is 12.1. The van der Waals surface area contributed by atoms with E-state index in [1.807, 2.05) is 17.9 Å². The Kier molecular flexibility index (Phi) is 8.75. The molecule has 2 saturated heterocycles. The summed E-state index contributed by atoms with van der Waals surface area (Å²) in [6.07, 6.45) is 7.98. The molecule has 0 atom stereocenters. The van der Waals surface area contributed by atoms with Crippen LogP contribution in [0.25, 0.3) is 11.1 Å². The molecular weight excluding hydrogens is 562 g/mol. The van der Waals surface area contributed by atoms with Crippen LogP contribution in [0, 0.1) is 24.7 Å². The lowest BCUT2D eigenvalue weighted by Crippen LogP contribution is -2.63. The topological polar surface area (TPSA) is 133 Å². The second kappa shape index (κ2) is 11.7. The first kappa shape index (κ1) is 32.1. The van der Waals surface area contributed by atoms with Gasteiger partial charge in [-0.1, -0.05) is 25.6 Å². The van der Waals surface area contributed by atoms with Gasteiger partial charge >= 0.3 is 0 Å². The Morgan fingerprint density at radius 1 is 1.19 bits per heavy atom. The minimum atomic E-state index is -0.318. The first-order valence-electron chi connectivity index (χ1n) is 14.4. The van der Waals surface area contributed by atoms with Crippen molar-refractivity contribution >= 4 is 41.4 Å². The second-order valence-electron chi connectivity index (χ2n) is 12.6. The number of halogens is 1. The van der Waals surface area contributed by atoms with Crippen molar-refractivity contribution < 1.29 is 4.79 Å². The molecule has 43 heavy (non-hydrogen) atoms. The van der Waals surface area contributed by atoms with Crippen molar-refractivity contribution in [2.75, 3.05) is 50.4 Å². The third-order valence-corrected chi connectivity index (χ3v) is 9.71. The number of piperazine rings is 1. The number of benzene rings is 1. The number of anilines is 2. The van der Waals surface area contributed by atoms with Crippen LogP contribution in [0.1, 0.15) is 57.0 Å². The maximum atomic E-state index is 12.1. The van der Waals surface area contributed by atoms with E-state index in [2.05, 4.69) is 46.8 Å². The van der Waals surface area contributed by atoms with Gasteiger partial charge in [0, 0.05) is 91.9 Å². The monoisotopic (exact) mass is 607 g/mol. The van der Waals surface area contributed by atoms with Crippen molar-refractivity contribution in [3.8, 4) is 11.1 Å². The van der Waals surface area contributed by atoms with Gasteiger partial charge in [-0.15, -0.1) is 0 Å². The largest absolute Gasteiger partial charge is 0.403 e. The first-order chi connectivity index (χ1) is 19.9. The number of nitrogens with two attached hydrogens (primary N) is 2. The molecule has 5 N–H and O–H groups in total. The van der Waals surface area contributed by atoms with Gasteiger partial charge in [-0.05, 0) is 58.2 Å². The van der Waals surface area contributed by atoms with Gasteiger partial charge in [0.1, 0.15) is 0 Å². The third-order valence-electron chi connectivity index (χ3n) is 9.22. The highest BCUT2D eigenvalue weighted by atomic mass is 35.5. The van der Waals surface area contributed by atoms with Gasteiger partial charge in [-0.25, -0.2) is 0 Å². The molecule has 2 aliphatic heterocycles. The van der Waals surface area contributed by atoms with E-state index >= 15 is 0 Å². The Balaban J connectivity index is 0.00000423. The fourth-order valence-electron chi connectivity index (χ4n) is 7.12. The van der Waals surface area contributed by atoms with Crippen molar-refractivity contribution in [1.29, 1.82) is 5.41 Å². The lowest BCUT2D eigenvalue weighted by molar-refractivity contribution is -0.149. The van der Waals surface area contributed by atoms with Crippen LogP contribution in [-0.4, -0.2) is 83.2 Å². The average Bonchev–Trinajstić information content (AvgIpc) is 3.22. The summed E-state index contributed by atoms with van der Waals surface area (Å²) in [6, 6.07) is 2.03. The maximum Gasteiger partial charge on any atom is 0.245 e. The molecule has 0 unspecified atom stereocenters. The molecule has 1 spiro atoms. The van der Waals surface area contributed by atoms with Gasteiger partial charge in [0.15, 0.2) is 5.82 Å². The zero-order valence-corrected chi connectivity index (χ0v) is 26.0. The van der Waals surface area contributed by atoms with Crippen LogP contribution in [-0.2, 0) is 4.79 Å². The molecule has 10 nitrogen and oxygen atoms in total. The predicted molar refractivity (Wildman–Crippen MR) is 178 cm³/mol. The van der Waals surface area contributed by atoms with E-state index in [4.69, 9.17) is 33.6 Å². The standard InChI is InChI=1S/C31H42ClN9O.CH4/c1-7-25(42)39-17-31(18-39)11-21(12-31)41-20(3)26(27-23(14-34)24(35)10-19(2)28(27)32)29(37-41)40-9-8-38(16-30(40,4)5)22(13-33)15-36-6;/h7,10,13-15,21,34H,1,8-9,11-12,16-18,33,35H2,2-6H3;1H4/b22-13+,34-14?,36-15?;. The molecule has 3 aliphatic rings. The number of hydrogen-bond acceptors (Lipinski definition) is 8. The number of nitrogen functional groups attached to an aromatic ring is 1. The van der Waals surface area contributed by atoms with Gasteiger partial charge in [-0.3, -0.25) is 14.5 Å². The summed E-state index contributed by atoms with van der Waals surface area (Å²) in [5.41, 5.74) is 17.8. The molecule has 1 saturated carbocycles. The number of carbonyl (C=O) groups excluding carboxylic acids is 1. The number of rotatable bonds is 7. The Hall–Kier alpha value is -3.79. The summed E-state index contributed by atoms with van der Waals surface area (Å²) < 4.78 is 2.15. The van der Waals surface area contributed by atoms with Crippen molar-refractivity contribution in [2.45, 2.75) is 59.5 Å². The van der Waals surface area contributed by atoms with E-state index in [1.54, 1.807) is 19.5 Å². The highest BCUT2D eigenvalue weighted by Crippen LogP contribution is 2.55. The first-order valence-corrected chi connectivity index (χ1v) is 14.7. The van der Waals surface area contributed by atoms with Crippen LogP contribution in [0.2, 0.25) is 5.02 Å². The molecule has 0 bridgehead atoms. The number of aliphatic imine (C=N–C) groups is 1. The summed E-state index contributed by atoms with van der Waals surface area (Å²) in [4.78, 5) is 22.7. The smallest absolute Gasteiger partial charge is 0.245 e. The molecule has 5 rings (SSSR count). The molecule has 1 amide bonds. The summed E-state index contributed by atoms with van der Waals surface area (Å²) in [6.45, 7) is 15.8. The number of aromatic nitrogens is 2. The van der Waals surface area contributed by atoms with Crippen molar-refractivity contribution in [3.63, 3.8) is 0 Å². The van der Waals surface area contributed by atoms with Gasteiger partial charge in [0.25, 0.3) is 0 Å². The number of likely N-dealkylation sites (tertiary alicyclic amines) is 1. The van der Waals surface area contributed by atoms with Crippen molar-refractivity contribution in [3.05, 3.63) is 52.5 Å². The molecule has 1 aliphatic carbocycles. The molecule has 2 aromatic rings. The number of hydrogen-bond donors (Lipinski definition) is 3. The highest BCUT2D eigenvalue weighted by Gasteiger charge is 2.54. The number of amides is 1. The Morgan fingerprint density at radius 2 is 1.86 bits per heavy atom. The lowest BCUT2D eigenvalue weighted by atomic mass is 9.60. The zero-order valence-electron chi connectivity index (χ0n) is 25.2. The van der Waals surface area contributed by atoms with Crippen LogP contribution in [0.5, 0.6) is 0 Å². The molecule has 1 aromatic carbocycles. The fourth-order valence-corrected chi connectivity index (χ4v) is 7.38. The minimum Gasteiger partial charge on any atom is -0.403 e. The second-order valence-corrected chi connectivity index (χ2v) is 13.0. The van der Waals surface area contributed by atoms with E-state index in [9.17, 15) is 4.79 Å². The SMILES string of the molecule is C.C=CC(=O)N1CC2(CC(n3nc(N4CCN(/C(C=NC)=C/N)CC4(C)C)c(-c4c(Cl)c(C)cc(N)c4C=N)c3C)C2)C1. The molecule has 1 aromatic heterocycles. The van der Waals surface area contributed by atoms with Crippen LogP contribution in [0.15, 0.2) is 35.6 Å². The van der Waals surface area contributed by atoms with E-state index in [1.165, 1.54) is 12.3 Å². The lowest BCUT2D eigenvalue weighted by Gasteiger charge is -2.58. The molecule has 3 fully saturated rings.